The minimum atomic E-state index is -5.31. The van der Waals surface area contributed by atoms with Gasteiger partial charge in [-0.05, 0) is 56.7 Å². The summed E-state index contributed by atoms with van der Waals surface area (Å²) in [6.45, 7) is 3.78. The quantitative estimate of drug-likeness (QED) is 0.219. The fraction of sp³-hybridized carbons (Fsp3) is 0.400. The van der Waals surface area contributed by atoms with Crippen molar-refractivity contribution >= 4 is 17.0 Å². The molecule has 8 nitrogen and oxygen atoms in total. The van der Waals surface area contributed by atoms with E-state index in [1.165, 1.54) is 12.1 Å². The third-order valence-electron chi connectivity index (χ3n) is 7.01. The lowest BCUT2D eigenvalue weighted by molar-refractivity contribution is -0.271. The van der Waals surface area contributed by atoms with E-state index >= 15 is 0 Å². The minimum absolute atomic E-state index is 0.0328. The molecule has 3 N–H and O–H groups in total. The number of fused-ring (bicyclic) bond motifs is 1. The van der Waals surface area contributed by atoms with Crippen LogP contribution in [0.1, 0.15) is 50.4 Å². The highest BCUT2D eigenvalue weighted by Gasteiger charge is 2.57. The number of alkyl halides is 3. The van der Waals surface area contributed by atoms with E-state index in [0.29, 0.717) is 5.56 Å². The number of rotatable bonds is 10. The molecule has 1 aliphatic rings. The Bertz CT molecular complexity index is 1480. The van der Waals surface area contributed by atoms with E-state index in [9.17, 15) is 36.8 Å². The van der Waals surface area contributed by atoms with Crippen LogP contribution in [0, 0.1) is 5.82 Å². The lowest BCUT2D eigenvalue weighted by atomic mass is 9.86. The molecule has 0 spiro atoms. The number of nitrogens with one attached hydrogen (secondary N) is 1. The zero-order valence-corrected chi connectivity index (χ0v) is 24.5. The van der Waals surface area contributed by atoms with Crippen molar-refractivity contribution in [2.45, 2.75) is 62.3 Å². The van der Waals surface area contributed by atoms with E-state index < -0.39 is 70.0 Å². The Morgan fingerprint density at radius 3 is 2.35 bits per heavy atom. The number of hydrogen-bond donors (Lipinski definition) is 3. The van der Waals surface area contributed by atoms with Gasteiger partial charge in [-0.2, -0.15) is 13.2 Å². The molecule has 1 aromatic heterocycles. The minimum Gasteiger partial charge on any atom is -0.489 e. The molecule has 4 rings (SSSR count). The number of hydrogen-bond acceptors (Lipinski definition) is 7. The first kappa shape index (κ1) is 32.5. The lowest BCUT2D eigenvalue weighted by Gasteiger charge is -2.33. The first-order valence-corrected chi connectivity index (χ1v) is 14.5. The number of aliphatic hydroxyl groups excluding tert-OH is 1. The average molecular weight is 625 g/mol. The molecule has 0 saturated carbocycles. The maximum atomic E-state index is 14.6. The number of aliphatic hydroxyl groups is 2. The number of benzene rings is 2. The molecule has 2 heterocycles. The standard InChI is InChI=1S/C30H32F4N2O6S/c1-27(2,3)43(40)36-28(17-37)18-42-26-22(28)15-23(35-25(26)20-9-11-21(31)12-10-20)29(39,30(32,33)34)14-13-24(38)41-16-19-7-5-4-6-8-19/h4-12,15,36-37,39H,13-14,16-18H2,1-3H3. The van der Waals surface area contributed by atoms with Gasteiger partial charge in [-0.3, -0.25) is 4.79 Å². The molecule has 3 atom stereocenters. The number of carbonyl (C=O) groups is 1. The van der Waals surface area contributed by atoms with Crippen molar-refractivity contribution in [1.82, 2.24) is 9.71 Å². The predicted octanol–water partition coefficient (Wildman–Crippen LogP) is 4.79. The second-order valence-corrected chi connectivity index (χ2v) is 13.2. The molecule has 0 saturated heterocycles. The molecular formula is C30H32F4N2O6S. The second kappa shape index (κ2) is 12.3. The van der Waals surface area contributed by atoms with Crippen LogP contribution in [0.25, 0.3) is 11.3 Å². The summed E-state index contributed by atoms with van der Waals surface area (Å²) in [5.41, 5.74) is -5.58. The van der Waals surface area contributed by atoms with Gasteiger partial charge in [-0.15, -0.1) is 0 Å². The van der Waals surface area contributed by atoms with Gasteiger partial charge in [0.15, 0.2) is 5.75 Å². The van der Waals surface area contributed by atoms with Gasteiger partial charge in [0.25, 0.3) is 0 Å². The summed E-state index contributed by atoms with van der Waals surface area (Å²) in [4.78, 5) is 16.6. The van der Waals surface area contributed by atoms with E-state index in [0.717, 1.165) is 18.2 Å². The van der Waals surface area contributed by atoms with Gasteiger partial charge in [0.05, 0.1) is 28.0 Å². The smallest absolute Gasteiger partial charge is 0.422 e. The first-order valence-electron chi connectivity index (χ1n) is 13.3. The summed E-state index contributed by atoms with van der Waals surface area (Å²) in [5, 5.41) is 21.7. The van der Waals surface area contributed by atoms with E-state index in [4.69, 9.17) is 9.47 Å². The van der Waals surface area contributed by atoms with Crippen LogP contribution in [-0.2, 0) is 38.3 Å². The van der Waals surface area contributed by atoms with E-state index in [-0.39, 0.29) is 35.8 Å². The first-order chi connectivity index (χ1) is 20.1. The topological polar surface area (TPSA) is 118 Å². The normalized spacial score (nSPS) is 18.8. The molecule has 13 heteroatoms. The lowest BCUT2D eigenvalue weighted by Crippen LogP contribution is -2.52. The van der Waals surface area contributed by atoms with Gasteiger partial charge in [0.2, 0.25) is 5.60 Å². The van der Waals surface area contributed by atoms with Crippen LogP contribution in [0.15, 0.2) is 60.7 Å². The van der Waals surface area contributed by atoms with Crippen LogP contribution in [-0.4, -0.2) is 49.5 Å². The molecule has 0 aliphatic carbocycles. The Balaban J connectivity index is 1.78. The summed E-state index contributed by atoms with van der Waals surface area (Å²) >= 11 is 0. The molecule has 2 aromatic carbocycles. The molecular weight excluding hydrogens is 592 g/mol. The van der Waals surface area contributed by atoms with E-state index in [1.54, 1.807) is 51.1 Å². The number of carbonyl (C=O) groups excluding carboxylic acids is 1. The highest BCUT2D eigenvalue weighted by atomic mass is 32.2. The Morgan fingerprint density at radius 1 is 1.12 bits per heavy atom. The Hall–Kier alpha value is -3.39. The highest BCUT2D eigenvalue weighted by Crippen LogP contribution is 2.48. The van der Waals surface area contributed by atoms with Crippen LogP contribution >= 0.6 is 0 Å². The van der Waals surface area contributed by atoms with Gasteiger partial charge in [-0.25, -0.2) is 18.3 Å². The molecule has 1 aliphatic heterocycles. The number of aromatic nitrogens is 1. The number of ether oxygens (including phenoxy) is 2. The van der Waals surface area contributed by atoms with Crippen molar-refractivity contribution in [3.05, 3.63) is 83.3 Å². The van der Waals surface area contributed by atoms with Gasteiger partial charge in [0, 0.05) is 24.0 Å². The maximum Gasteiger partial charge on any atom is 0.422 e. The zero-order chi connectivity index (χ0) is 31.6. The van der Waals surface area contributed by atoms with Crippen molar-refractivity contribution in [2.24, 2.45) is 0 Å². The summed E-state index contributed by atoms with van der Waals surface area (Å²) < 4.78 is 83.6. The van der Waals surface area contributed by atoms with E-state index in [1.807, 2.05) is 0 Å². The van der Waals surface area contributed by atoms with Crippen molar-refractivity contribution in [3.8, 4) is 17.0 Å². The molecule has 0 bridgehead atoms. The van der Waals surface area contributed by atoms with Gasteiger partial charge < -0.3 is 19.7 Å². The summed E-state index contributed by atoms with van der Waals surface area (Å²) in [5.74, 6) is -1.61. The summed E-state index contributed by atoms with van der Waals surface area (Å²) in [6, 6.07) is 14.2. The SMILES string of the molecule is CC(C)(C)S(=O)NC1(CO)COc2c1cc(C(O)(CCC(=O)OCc1ccccc1)C(F)(F)F)nc2-c1ccc(F)cc1. The highest BCUT2D eigenvalue weighted by molar-refractivity contribution is 7.84. The Labute approximate surface area is 248 Å². The number of esters is 1. The number of nitrogens with zero attached hydrogens (tertiary/aromatic N) is 1. The van der Waals surface area contributed by atoms with E-state index in [2.05, 4.69) is 9.71 Å². The van der Waals surface area contributed by atoms with Gasteiger partial charge in [0.1, 0.15) is 30.3 Å². The molecule has 3 unspecified atom stereocenters. The average Bonchev–Trinajstić information content (AvgIpc) is 3.32. The number of halogens is 4. The zero-order valence-electron chi connectivity index (χ0n) is 23.7. The van der Waals surface area contributed by atoms with Gasteiger partial charge in [-0.1, -0.05) is 30.3 Å². The third kappa shape index (κ3) is 6.90. The van der Waals surface area contributed by atoms with Crippen molar-refractivity contribution in [3.63, 3.8) is 0 Å². The molecule has 0 amide bonds. The van der Waals surface area contributed by atoms with Crippen LogP contribution in [0.5, 0.6) is 5.75 Å². The van der Waals surface area contributed by atoms with Crippen LogP contribution in [0.2, 0.25) is 0 Å². The fourth-order valence-electron chi connectivity index (χ4n) is 4.41. The monoisotopic (exact) mass is 624 g/mol. The molecule has 0 fully saturated rings. The van der Waals surface area contributed by atoms with Crippen LogP contribution < -0.4 is 9.46 Å². The van der Waals surface area contributed by atoms with Crippen molar-refractivity contribution in [1.29, 1.82) is 0 Å². The maximum absolute atomic E-state index is 14.6. The van der Waals surface area contributed by atoms with Crippen LogP contribution in [0.3, 0.4) is 0 Å². The van der Waals surface area contributed by atoms with Crippen LogP contribution in [0.4, 0.5) is 17.6 Å². The number of pyridine rings is 1. The summed E-state index contributed by atoms with van der Waals surface area (Å²) in [6.07, 6.45) is -7.24. The largest absolute Gasteiger partial charge is 0.489 e. The molecule has 3 aromatic rings. The molecule has 232 valence electrons. The molecule has 0 radical (unpaired) electrons. The van der Waals surface area contributed by atoms with Crippen molar-refractivity contribution in [2.75, 3.05) is 13.2 Å². The van der Waals surface area contributed by atoms with Crippen molar-refractivity contribution < 1.29 is 46.3 Å². The predicted molar refractivity (Wildman–Crippen MR) is 150 cm³/mol. The third-order valence-corrected chi connectivity index (χ3v) is 8.70. The van der Waals surface area contributed by atoms with Gasteiger partial charge >= 0.3 is 12.1 Å². The molecule has 43 heavy (non-hydrogen) atoms. The Kier molecular flexibility index (Phi) is 9.31. The second-order valence-electron chi connectivity index (χ2n) is 11.3. The Morgan fingerprint density at radius 2 is 1.77 bits per heavy atom. The fourth-order valence-corrected chi connectivity index (χ4v) is 5.30. The summed E-state index contributed by atoms with van der Waals surface area (Å²) in [7, 11) is -1.81.